The number of carboxylic acids is 1. The lowest BCUT2D eigenvalue weighted by atomic mass is 10.1. The van der Waals surface area contributed by atoms with Gasteiger partial charge in [0.25, 0.3) is 0 Å². The van der Waals surface area contributed by atoms with E-state index in [0.717, 1.165) is 19.3 Å². The summed E-state index contributed by atoms with van der Waals surface area (Å²) in [6.45, 7) is 2.21. The summed E-state index contributed by atoms with van der Waals surface area (Å²) in [5, 5.41) is 9.40. The van der Waals surface area contributed by atoms with Gasteiger partial charge in [-0.25, -0.2) is 0 Å². The fourth-order valence-electron chi connectivity index (χ4n) is 2.61. The third-order valence-electron chi connectivity index (χ3n) is 3.92. The highest BCUT2D eigenvalue weighted by atomic mass is 28.4. The van der Waals surface area contributed by atoms with Crippen molar-refractivity contribution in [3.63, 3.8) is 0 Å². The smallest absolute Gasteiger partial charge is 0.481 e. The Morgan fingerprint density at radius 3 is 1.71 bits per heavy atom. The molecule has 1 unspecified atom stereocenters. The van der Waals surface area contributed by atoms with Crippen LogP contribution in [0.2, 0.25) is 5.54 Å². The summed E-state index contributed by atoms with van der Waals surface area (Å²) >= 11 is 0. The second-order valence-electron chi connectivity index (χ2n) is 5.37. The quantitative estimate of drug-likeness (QED) is 0.389. The van der Waals surface area contributed by atoms with Crippen LogP contribution in [-0.2, 0) is 18.1 Å². The lowest BCUT2D eigenvalue weighted by Gasteiger charge is -2.29. The maximum absolute atomic E-state index is 11.5. The second-order valence-corrected chi connectivity index (χ2v) is 8.50. The number of carbonyl (C=O) groups is 1. The minimum absolute atomic E-state index is 0.548. The molecule has 1 atom stereocenters. The number of hydrogen-bond donors (Lipinski definition) is 1. The number of rotatable bonds is 14. The Morgan fingerprint density at radius 1 is 0.905 bits per heavy atom. The predicted octanol–water partition coefficient (Wildman–Crippen LogP) is 3.85. The van der Waals surface area contributed by atoms with Crippen molar-refractivity contribution < 1.29 is 23.2 Å². The average molecular weight is 321 g/mol. The highest BCUT2D eigenvalue weighted by molar-refractivity contribution is 6.66. The molecule has 0 aliphatic carbocycles. The van der Waals surface area contributed by atoms with Crippen molar-refractivity contribution in [3.05, 3.63) is 0 Å². The molecule has 126 valence electrons. The molecule has 0 rings (SSSR count). The van der Waals surface area contributed by atoms with Crippen LogP contribution >= 0.6 is 0 Å². The van der Waals surface area contributed by atoms with Crippen molar-refractivity contribution in [3.8, 4) is 0 Å². The van der Waals surface area contributed by atoms with Crippen molar-refractivity contribution in [2.75, 3.05) is 21.3 Å². The summed E-state index contributed by atoms with van der Waals surface area (Å²) in [6, 6.07) is 0. The first-order valence-corrected chi connectivity index (χ1v) is 9.76. The molecule has 0 saturated carbocycles. The zero-order chi connectivity index (χ0) is 16.1. The maximum Gasteiger partial charge on any atom is 0.514 e. The van der Waals surface area contributed by atoms with Gasteiger partial charge in [0.2, 0.25) is 0 Å². The number of aliphatic carboxylic acids is 1. The van der Waals surface area contributed by atoms with Crippen molar-refractivity contribution in [2.45, 2.75) is 70.3 Å². The van der Waals surface area contributed by atoms with Gasteiger partial charge in [-0.05, 0) is 6.42 Å². The fourth-order valence-corrected chi connectivity index (χ4v) is 4.82. The molecule has 6 heteroatoms. The van der Waals surface area contributed by atoms with Crippen LogP contribution in [0.15, 0.2) is 0 Å². The van der Waals surface area contributed by atoms with Crippen LogP contribution < -0.4 is 0 Å². The summed E-state index contributed by atoms with van der Waals surface area (Å²) < 4.78 is 15.9. The molecule has 0 aliphatic rings. The van der Waals surface area contributed by atoms with Gasteiger partial charge in [0.1, 0.15) is 5.54 Å². The van der Waals surface area contributed by atoms with E-state index in [1.165, 1.54) is 53.4 Å². The standard InChI is InChI=1S/C15H32O5Si/c1-5-6-7-8-9-10-11-12-13-14(15(16)17)21(18-2,19-3)20-4/h14H,5-13H2,1-4H3,(H,16,17). The van der Waals surface area contributed by atoms with Gasteiger partial charge in [-0.1, -0.05) is 58.3 Å². The van der Waals surface area contributed by atoms with E-state index in [0.29, 0.717) is 6.42 Å². The van der Waals surface area contributed by atoms with E-state index < -0.39 is 20.3 Å². The topological polar surface area (TPSA) is 65.0 Å². The van der Waals surface area contributed by atoms with Crippen LogP contribution in [0.3, 0.4) is 0 Å². The summed E-state index contributed by atoms with van der Waals surface area (Å²) in [7, 11) is 1.29. The van der Waals surface area contributed by atoms with E-state index in [9.17, 15) is 9.90 Å². The van der Waals surface area contributed by atoms with Crippen LogP contribution in [0.1, 0.15) is 64.7 Å². The van der Waals surface area contributed by atoms with Gasteiger partial charge in [-0.15, -0.1) is 0 Å². The Morgan fingerprint density at radius 2 is 1.33 bits per heavy atom. The Bertz CT molecular complexity index is 261. The molecule has 0 aromatic rings. The van der Waals surface area contributed by atoms with Crippen molar-refractivity contribution >= 4 is 14.8 Å². The fraction of sp³-hybridized carbons (Fsp3) is 0.933. The Kier molecular flexibility index (Phi) is 11.9. The largest absolute Gasteiger partial charge is 0.514 e. The van der Waals surface area contributed by atoms with Crippen LogP contribution in [0.4, 0.5) is 0 Å². The van der Waals surface area contributed by atoms with Crippen LogP contribution in [-0.4, -0.2) is 41.2 Å². The third kappa shape index (κ3) is 7.40. The van der Waals surface area contributed by atoms with Gasteiger partial charge in [-0.3, -0.25) is 4.79 Å². The molecule has 0 aromatic heterocycles. The molecule has 0 heterocycles. The molecule has 0 saturated heterocycles. The molecule has 1 N–H and O–H groups in total. The molecule has 0 aliphatic heterocycles. The third-order valence-corrected chi connectivity index (χ3v) is 7.02. The van der Waals surface area contributed by atoms with Gasteiger partial charge in [0.15, 0.2) is 0 Å². The van der Waals surface area contributed by atoms with E-state index in [-0.39, 0.29) is 0 Å². The Balaban J connectivity index is 4.09. The molecule has 0 bridgehead atoms. The number of hydrogen-bond acceptors (Lipinski definition) is 4. The summed E-state index contributed by atoms with van der Waals surface area (Å²) in [5.41, 5.74) is -0.683. The number of carboxylic acid groups (broad SMARTS) is 1. The molecule has 0 spiro atoms. The summed E-state index contributed by atoms with van der Waals surface area (Å²) in [6.07, 6.45) is 10.0. The van der Waals surface area contributed by atoms with Gasteiger partial charge < -0.3 is 18.4 Å². The molecule has 0 fully saturated rings. The minimum atomic E-state index is -3.10. The van der Waals surface area contributed by atoms with E-state index in [2.05, 4.69) is 6.92 Å². The van der Waals surface area contributed by atoms with E-state index >= 15 is 0 Å². The first kappa shape index (κ1) is 20.6. The van der Waals surface area contributed by atoms with Gasteiger partial charge in [-0.2, -0.15) is 0 Å². The SMILES string of the molecule is CCCCCCCCCCC(C(=O)O)[Si](OC)(OC)OC. The summed E-state index contributed by atoms with van der Waals surface area (Å²) in [4.78, 5) is 11.5. The minimum Gasteiger partial charge on any atom is -0.481 e. The van der Waals surface area contributed by atoms with Gasteiger partial charge in [0.05, 0.1) is 0 Å². The molecule has 0 radical (unpaired) electrons. The lowest BCUT2D eigenvalue weighted by molar-refractivity contribution is -0.138. The molecular weight excluding hydrogens is 288 g/mol. The van der Waals surface area contributed by atoms with Crippen molar-refractivity contribution in [1.82, 2.24) is 0 Å². The van der Waals surface area contributed by atoms with E-state index in [1.54, 1.807) is 0 Å². The molecule has 5 nitrogen and oxygen atoms in total. The molecule has 0 amide bonds. The van der Waals surface area contributed by atoms with Crippen LogP contribution in [0, 0.1) is 0 Å². The predicted molar refractivity (Wildman–Crippen MR) is 85.4 cm³/mol. The second kappa shape index (κ2) is 12.1. The number of unbranched alkanes of at least 4 members (excludes halogenated alkanes) is 7. The Hall–Kier alpha value is -0.433. The molecular formula is C15H32O5Si. The normalized spacial score (nSPS) is 13.3. The average Bonchev–Trinajstić information content (AvgIpc) is 2.49. The van der Waals surface area contributed by atoms with Gasteiger partial charge in [0, 0.05) is 21.3 Å². The molecule has 0 aromatic carbocycles. The summed E-state index contributed by atoms with van der Waals surface area (Å²) in [5.74, 6) is -0.893. The maximum atomic E-state index is 11.5. The first-order valence-electron chi connectivity index (χ1n) is 7.96. The molecule has 21 heavy (non-hydrogen) atoms. The van der Waals surface area contributed by atoms with Crippen molar-refractivity contribution in [1.29, 1.82) is 0 Å². The van der Waals surface area contributed by atoms with Crippen LogP contribution in [0.25, 0.3) is 0 Å². The lowest BCUT2D eigenvalue weighted by Crippen LogP contribution is -2.50. The zero-order valence-electron chi connectivity index (χ0n) is 14.0. The van der Waals surface area contributed by atoms with E-state index in [1.807, 2.05) is 0 Å². The monoisotopic (exact) mass is 320 g/mol. The highest BCUT2D eigenvalue weighted by Gasteiger charge is 2.51. The first-order chi connectivity index (χ1) is 10.1. The zero-order valence-corrected chi connectivity index (χ0v) is 15.0. The van der Waals surface area contributed by atoms with E-state index in [4.69, 9.17) is 13.3 Å². The Labute approximate surface area is 130 Å². The van der Waals surface area contributed by atoms with Crippen LogP contribution in [0.5, 0.6) is 0 Å². The highest BCUT2D eigenvalue weighted by Crippen LogP contribution is 2.30. The van der Waals surface area contributed by atoms with Crippen molar-refractivity contribution in [2.24, 2.45) is 0 Å². The van der Waals surface area contributed by atoms with Gasteiger partial charge >= 0.3 is 14.8 Å².